The monoisotopic (exact) mass is 495 g/mol. The number of thiophene rings is 1. The van der Waals surface area contributed by atoms with E-state index < -0.39 is 5.92 Å². The minimum Gasteiger partial charge on any atom is -0.384 e. The second-order valence-electron chi connectivity index (χ2n) is 9.28. The number of hydrogen-bond acceptors (Lipinski definition) is 5. The first-order valence-electron chi connectivity index (χ1n) is 10.3. The van der Waals surface area contributed by atoms with Gasteiger partial charge < -0.3 is 5.73 Å². The van der Waals surface area contributed by atoms with Crippen LogP contribution in [0.4, 0.5) is 5.69 Å². The van der Waals surface area contributed by atoms with Gasteiger partial charge in [-0.05, 0) is 68.0 Å². The van der Waals surface area contributed by atoms with Crippen LogP contribution in [-0.4, -0.2) is 5.78 Å². The zero-order chi connectivity index (χ0) is 22.7. The topological polar surface area (TPSA) is 70.1 Å². The summed E-state index contributed by atoms with van der Waals surface area (Å²) in [4.78, 5) is 17.8. The van der Waals surface area contributed by atoms with E-state index in [1.807, 2.05) is 30.0 Å². The van der Waals surface area contributed by atoms with Gasteiger partial charge in [-0.2, -0.15) is 5.26 Å². The zero-order valence-corrected chi connectivity index (χ0v) is 20.9. The molecule has 0 spiro atoms. The Morgan fingerprint density at radius 3 is 2.52 bits per heavy atom. The molecule has 2 N–H and O–H groups in total. The summed E-state index contributed by atoms with van der Waals surface area (Å²) < 4.78 is 0.977. The maximum absolute atomic E-state index is 13.6. The number of nitrogens with two attached hydrogens (primary N) is 1. The van der Waals surface area contributed by atoms with Crippen LogP contribution < -0.4 is 10.6 Å². The summed E-state index contributed by atoms with van der Waals surface area (Å²) in [6.07, 6.45) is 1.19. The molecule has 0 saturated heterocycles. The van der Waals surface area contributed by atoms with E-state index in [9.17, 15) is 10.1 Å². The average molecular weight is 496 g/mol. The number of anilines is 1. The fraction of sp³-hybridized carbons (Fsp3) is 0.360. The molecule has 0 radical (unpaired) electrons. The number of halogens is 1. The summed E-state index contributed by atoms with van der Waals surface area (Å²) in [7, 11) is 0. The number of carbonyl (C=O) groups excluding carboxylic acids is 1. The standard InChI is InChI=1S/C25H26BrN3OS/c1-13-8-16(26)6-7-19(13)29-20-10-25(4,5)11-21(30)23(20)22(18(12-27)24(29)28)17-9-14(2)31-15(17)3/h6-9,22H,10-11,28H2,1-5H3/t22-/m1/s1. The Hall–Kier alpha value is -2.36. The lowest BCUT2D eigenvalue weighted by Crippen LogP contribution is -2.42. The van der Waals surface area contributed by atoms with Gasteiger partial charge in [0.2, 0.25) is 0 Å². The van der Waals surface area contributed by atoms with Crippen molar-refractivity contribution >= 4 is 38.7 Å². The predicted octanol–water partition coefficient (Wildman–Crippen LogP) is 6.38. The number of ketones is 1. The number of carbonyl (C=O) groups is 1. The maximum atomic E-state index is 13.6. The van der Waals surface area contributed by atoms with Crippen molar-refractivity contribution in [3.63, 3.8) is 0 Å². The lowest BCUT2D eigenvalue weighted by Gasteiger charge is -2.44. The highest BCUT2D eigenvalue weighted by Crippen LogP contribution is 2.51. The van der Waals surface area contributed by atoms with Gasteiger partial charge in [0.1, 0.15) is 5.82 Å². The summed E-state index contributed by atoms with van der Waals surface area (Å²) in [5.41, 5.74) is 11.6. The third-order valence-corrected chi connectivity index (χ3v) is 7.65. The molecule has 1 atom stereocenters. The lowest BCUT2D eigenvalue weighted by atomic mass is 9.68. The Morgan fingerprint density at radius 2 is 1.94 bits per heavy atom. The number of hydrogen-bond donors (Lipinski definition) is 1. The largest absolute Gasteiger partial charge is 0.384 e. The molecule has 1 aromatic heterocycles. The average Bonchev–Trinajstić information content (AvgIpc) is 2.99. The zero-order valence-electron chi connectivity index (χ0n) is 18.5. The van der Waals surface area contributed by atoms with Crippen LogP contribution in [0.25, 0.3) is 0 Å². The summed E-state index contributed by atoms with van der Waals surface area (Å²) in [5.74, 6) is 0.130. The van der Waals surface area contributed by atoms with Crippen molar-refractivity contribution in [1.82, 2.24) is 0 Å². The van der Waals surface area contributed by atoms with Gasteiger partial charge >= 0.3 is 0 Å². The first kappa shape index (κ1) is 21.9. The van der Waals surface area contributed by atoms with E-state index in [2.05, 4.69) is 55.8 Å². The minimum atomic E-state index is -0.402. The number of nitrogens with zero attached hydrogens (tertiary/aromatic N) is 2. The number of benzene rings is 1. The number of aryl methyl sites for hydroxylation is 3. The Kier molecular flexibility index (Phi) is 5.39. The highest BCUT2D eigenvalue weighted by Gasteiger charge is 2.45. The van der Waals surface area contributed by atoms with E-state index in [1.54, 1.807) is 11.3 Å². The molecule has 2 aliphatic rings. The SMILES string of the molecule is Cc1cc([C@@H]2C(C#N)=C(N)N(c3ccc(Br)cc3C)C3=C2C(=O)CC(C)(C)C3)c(C)s1. The van der Waals surface area contributed by atoms with Crippen LogP contribution in [0.15, 0.2) is 51.4 Å². The van der Waals surface area contributed by atoms with E-state index in [4.69, 9.17) is 5.73 Å². The van der Waals surface area contributed by atoms with E-state index in [-0.39, 0.29) is 11.2 Å². The van der Waals surface area contributed by atoms with Crippen LogP contribution in [0.3, 0.4) is 0 Å². The molecule has 4 rings (SSSR count). The van der Waals surface area contributed by atoms with Crippen LogP contribution in [0.5, 0.6) is 0 Å². The second kappa shape index (κ2) is 7.65. The number of rotatable bonds is 2. The predicted molar refractivity (Wildman–Crippen MR) is 130 cm³/mol. The number of Topliss-reactive ketones (excluding diaryl/α,β-unsaturated/α-hetero) is 1. The normalized spacial score (nSPS) is 20.7. The van der Waals surface area contributed by atoms with Crippen LogP contribution >= 0.6 is 27.3 Å². The molecule has 2 heterocycles. The van der Waals surface area contributed by atoms with Crippen molar-refractivity contribution in [3.8, 4) is 6.07 Å². The molecule has 31 heavy (non-hydrogen) atoms. The molecule has 0 amide bonds. The van der Waals surface area contributed by atoms with Gasteiger partial charge in [-0.3, -0.25) is 9.69 Å². The molecule has 1 aliphatic carbocycles. The Balaban J connectivity index is 2.04. The van der Waals surface area contributed by atoms with Crippen molar-refractivity contribution in [1.29, 1.82) is 5.26 Å². The van der Waals surface area contributed by atoms with Gasteiger partial charge in [0, 0.05) is 31.9 Å². The Morgan fingerprint density at radius 1 is 1.23 bits per heavy atom. The molecule has 0 bridgehead atoms. The van der Waals surface area contributed by atoms with E-state index in [0.717, 1.165) is 43.9 Å². The van der Waals surface area contributed by atoms with Gasteiger partial charge in [0.15, 0.2) is 5.78 Å². The van der Waals surface area contributed by atoms with Gasteiger partial charge in [-0.1, -0.05) is 29.8 Å². The van der Waals surface area contributed by atoms with Crippen molar-refractivity contribution in [2.45, 2.75) is 53.4 Å². The molecule has 1 aromatic carbocycles. The van der Waals surface area contributed by atoms with Crippen molar-refractivity contribution in [3.05, 3.63) is 72.3 Å². The summed E-state index contributed by atoms with van der Waals surface area (Å²) >= 11 is 5.22. The minimum absolute atomic E-state index is 0.111. The smallest absolute Gasteiger partial charge is 0.162 e. The molecular weight excluding hydrogens is 470 g/mol. The first-order chi connectivity index (χ1) is 14.5. The molecule has 1 aliphatic heterocycles. The molecule has 0 saturated carbocycles. The van der Waals surface area contributed by atoms with E-state index in [1.165, 1.54) is 4.88 Å². The van der Waals surface area contributed by atoms with Gasteiger partial charge in [-0.25, -0.2) is 0 Å². The Bertz CT molecular complexity index is 1210. The van der Waals surface area contributed by atoms with E-state index in [0.29, 0.717) is 17.8 Å². The second-order valence-corrected chi connectivity index (χ2v) is 11.7. The molecule has 160 valence electrons. The van der Waals surface area contributed by atoms with Crippen molar-refractivity contribution in [2.75, 3.05) is 4.90 Å². The first-order valence-corrected chi connectivity index (χ1v) is 11.9. The summed E-state index contributed by atoms with van der Waals surface area (Å²) in [6.45, 7) is 10.4. The molecule has 0 unspecified atom stereocenters. The fourth-order valence-electron chi connectivity index (χ4n) is 4.90. The summed E-state index contributed by atoms with van der Waals surface area (Å²) in [5, 5.41) is 10.2. The third kappa shape index (κ3) is 3.64. The highest BCUT2D eigenvalue weighted by atomic mass is 79.9. The van der Waals surface area contributed by atoms with Crippen molar-refractivity contribution in [2.24, 2.45) is 11.1 Å². The molecule has 2 aromatic rings. The van der Waals surface area contributed by atoms with E-state index >= 15 is 0 Å². The van der Waals surface area contributed by atoms with Crippen molar-refractivity contribution < 1.29 is 4.79 Å². The lowest BCUT2D eigenvalue weighted by molar-refractivity contribution is -0.118. The quantitative estimate of drug-likeness (QED) is 0.524. The van der Waals surface area contributed by atoms with Gasteiger partial charge in [-0.15, -0.1) is 11.3 Å². The highest BCUT2D eigenvalue weighted by molar-refractivity contribution is 9.10. The van der Waals surface area contributed by atoms with Crippen LogP contribution in [0.2, 0.25) is 0 Å². The fourth-order valence-corrected chi connectivity index (χ4v) is 6.34. The van der Waals surface area contributed by atoms with Crippen LogP contribution in [-0.2, 0) is 4.79 Å². The van der Waals surface area contributed by atoms with Gasteiger partial charge in [0.25, 0.3) is 0 Å². The van der Waals surface area contributed by atoms with Gasteiger partial charge in [0.05, 0.1) is 23.2 Å². The molecule has 4 nitrogen and oxygen atoms in total. The number of nitriles is 1. The third-order valence-electron chi connectivity index (χ3n) is 6.17. The molecule has 0 fully saturated rings. The maximum Gasteiger partial charge on any atom is 0.162 e. The number of allylic oxidation sites excluding steroid dienone is 3. The molecule has 6 heteroatoms. The van der Waals surface area contributed by atoms with Crippen LogP contribution in [0, 0.1) is 37.5 Å². The Labute approximate surface area is 196 Å². The molecular formula is C25H26BrN3OS. The summed E-state index contributed by atoms with van der Waals surface area (Å²) in [6, 6.07) is 10.5. The van der Waals surface area contributed by atoms with Crippen LogP contribution in [0.1, 0.15) is 53.5 Å².